The molecule has 0 spiro atoms. The second-order valence-corrected chi connectivity index (χ2v) is 4.60. The molecule has 3 rings (SSSR count). The maximum atomic E-state index is 4.63. The summed E-state index contributed by atoms with van der Waals surface area (Å²) in [5.74, 6) is 0. The number of rotatable bonds is 0. The van der Waals surface area contributed by atoms with Gasteiger partial charge in [0.15, 0.2) is 0 Å². The van der Waals surface area contributed by atoms with Gasteiger partial charge in [0.05, 0.1) is 0 Å². The number of fused-ring (bicyclic) bond motifs is 3. The van der Waals surface area contributed by atoms with E-state index in [1.54, 1.807) is 16.7 Å². The molecular formula is C13H17N. The lowest BCUT2D eigenvalue weighted by atomic mass is 9.84. The Bertz CT molecular complexity index is 319. The Hall–Kier alpha value is -0.850. The average molecular weight is 187 g/mol. The van der Waals surface area contributed by atoms with E-state index in [1.807, 2.05) is 0 Å². The van der Waals surface area contributed by atoms with Gasteiger partial charge in [0.25, 0.3) is 0 Å². The Kier molecular flexibility index (Phi) is 2.04. The molecule has 2 aliphatic carbocycles. The minimum absolute atomic E-state index is 1.22. The zero-order chi connectivity index (χ0) is 9.38. The number of pyridine rings is 1. The van der Waals surface area contributed by atoms with Crippen LogP contribution < -0.4 is 0 Å². The number of aromatic nitrogens is 1. The summed E-state index contributed by atoms with van der Waals surface area (Å²) in [7, 11) is 0. The van der Waals surface area contributed by atoms with Crippen LogP contribution in [0.3, 0.4) is 0 Å². The van der Waals surface area contributed by atoms with E-state index >= 15 is 0 Å². The smallest absolute Gasteiger partial charge is 0.0438 e. The van der Waals surface area contributed by atoms with Crippen LogP contribution in [0, 0.1) is 0 Å². The predicted octanol–water partition coefficient (Wildman–Crippen LogP) is 2.84. The third-order valence-corrected chi connectivity index (χ3v) is 3.69. The van der Waals surface area contributed by atoms with Gasteiger partial charge in [-0.15, -0.1) is 0 Å². The molecule has 0 aliphatic heterocycles. The molecule has 0 N–H and O–H groups in total. The molecule has 1 aromatic rings. The predicted molar refractivity (Wildman–Crippen MR) is 57.5 cm³/mol. The lowest BCUT2D eigenvalue weighted by molar-refractivity contribution is 0.625. The SMILES string of the molecule is c1nc2c(c3c1CCCC3)CCCC2. The summed E-state index contributed by atoms with van der Waals surface area (Å²) in [5, 5.41) is 0. The molecule has 1 nitrogen and oxygen atoms in total. The van der Waals surface area contributed by atoms with E-state index in [0.717, 1.165) is 0 Å². The second-order valence-electron chi connectivity index (χ2n) is 4.60. The minimum Gasteiger partial charge on any atom is -0.261 e. The van der Waals surface area contributed by atoms with Crippen LogP contribution in [-0.2, 0) is 25.7 Å². The fourth-order valence-corrected chi connectivity index (χ4v) is 2.93. The number of aryl methyl sites for hydroxylation is 2. The summed E-state index contributed by atoms with van der Waals surface area (Å²) < 4.78 is 0. The van der Waals surface area contributed by atoms with Crippen molar-refractivity contribution < 1.29 is 0 Å². The fourth-order valence-electron chi connectivity index (χ4n) is 2.93. The monoisotopic (exact) mass is 187 g/mol. The van der Waals surface area contributed by atoms with E-state index < -0.39 is 0 Å². The largest absolute Gasteiger partial charge is 0.261 e. The van der Waals surface area contributed by atoms with Gasteiger partial charge in [-0.05, 0) is 68.1 Å². The second kappa shape index (κ2) is 3.38. The van der Waals surface area contributed by atoms with E-state index in [9.17, 15) is 0 Å². The normalized spacial score (nSPS) is 20.0. The molecule has 0 saturated carbocycles. The highest BCUT2D eigenvalue weighted by molar-refractivity contribution is 5.39. The van der Waals surface area contributed by atoms with Crippen LogP contribution in [-0.4, -0.2) is 4.98 Å². The van der Waals surface area contributed by atoms with Crippen LogP contribution in [0.2, 0.25) is 0 Å². The van der Waals surface area contributed by atoms with Gasteiger partial charge in [0.2, 0.25) is 0 Å². The van der Waals surface area contributed by atoms with Gasteiger partial charge in [-0.1, -0.05) is 0 Å². The summed E-state index contributed by atoms with van der Waals surface area (Å²) in [6.07, 6.45) is 12.8. The molecule has 74 valence electrons. The van der Waals surface area contributed by atoms with Gasteiger partial charge in [-0.25, -0.2) is 0 Å². The summed E-state index contributed by atoms with van der Waals surface area (Å²) in [5.41, 5.74) is 6.28. The first-order valence-corrected chi connectivity index (χ1v) is 5.93. The van der Waals surface area contributed by atoms with Crippen molar-refractivity contribution in [2.45, 2.75) is 51.4 Å². The molecule has 0 amide bonds. The zero-order valence-electron chi connectivity index (χ0n) is 8.68. The highest BCUT2D eigenvalue weighted by atomic mass is 14.7. The molecule has 0 unspecified atom stereocenters. The minimum atomic E-state index is 1.22. The van der Waals surface area contributed by atoms with Gasteiger partial charge in [-0.3, -0.25) is 4.98 Å². The molecule has 0 fully saturated rings. The standard InChI is InChI=1S/C13H17N/c1-2-6-11-10(5-1)9-14-13-8-4-3-7-12(11)13/h9H,1-8H2. The molecular weight excluding hydrogens is 170 g/mol. The lowest BCUT2D eigenvalue weighted by Crippen LogP contribution is -2.14. The first-order valence-electron chi connectivity index (χ1n) is 5.93. The topological polar surface area (TPSA) is 12.9 Å². The van der Waals surface area contributed by atoms with Crippen molar-refractivity contribution in [1.29, 1.82) is 0 Å². The van der Waals surface area contributed by atoms with E-state index in [2.05, 4.69) is 11.2 Å². The van der Waals surface area contributed by atoms with E-state index in [-0.39, 0.29) is 0 Å². The highest BCUT2D eigenvalue weighted by Gasteiger charge is 2.19. The first-order chi connectivity index (χ1) is 6.95. The number of nitrogens with zero attached hydrogens (tertiary/aromatic N) is 1. The van der Waals surface area contributed by atoms with Crippen molar-refractivity contribution in [1.82, 2.24) is 4.98 Å². The maximum Gasteiger partial charge on any atom is 0.0438 e. The van der Waals surface area contributed by atoms with Gasteiger partial charge in [0, 0.05) is 11.9 Å². The molecule has 0 atom stereocenters. The molecule has 1 aromatic heterocycles. The molecule has 14 heavy (non-hydrogen) atoms. The van der Waals surface area contributed by atoms with Crippen LogP contribution in [0.1, 0.15) is 48.1 Å². The van der Waals surface area contributed by atoms with Crippen LogP contribution in [0.15, 0.2) is 6.20 Å². The van der Waals surface area contributed by atoms with Crippen LogP contribution in [0.4, 0.5) is 0 Å². The molecule has 2 aliphatic rings. The summed E-state index contributed by atoms with van der Waals surface area (Å²) in [6, 6.07) is 0. The molecule has 0 saturated heterocycles. The third-order valence-electron chi connectivity index (χ3n) is 3.69. The van der Waals surface area contributed by atoms with Crippen LogP contribution >= 0.6 is 0 Å². The summed E-state index contributed by atoms with van der Waals surface area (Å²) in [4.78, 5) is 4.63. The molecule has 0 bridgehead atoms. The van der Waals surface area contributed by atoms with E-state index in [4.69, 9.17) is 0 Å². The first kappa shape index (κ1) is 8.46. The van der Waals surface area contributed by atoms with Gasteiger partial charge >= 0.3 is 0 Å². The quantitative estimate of drug-likeness (QED) is 0.608. The summed E-state index contributed by atoms with van der Waals surface area (Å²) in [6.45, 7) is 0. The van der Waals surface area contributed by atoms with Crippen LogP contribution in [0.25, 0.3) is 0 Å². The fraction of sp³-hybridized carbons (Fsp3) is 0.615. The van der Waals surface area contributed by atoms with E-state index in [1.165, 1.54) is 57.1 Å². The van der Waals surface area contributed by atoms with Gasteiger partial charge in [0.1, 0.15) is 0 Å². The van der Waals surface area contributed by atoms with Gasteiger partial charge < -0.3 is 0 Å². The lowest BCUT2D eigenvalue weighted by Gasteiger charge is -2.24. The highest BCUT2D eigenvalue weighted by Crippen LogP contribution is 2.29. The Morgan fingerprint density at radius 2 is 1.50 bits per heavy atom. The van der Waals surface area contributed by atoms with Crippen molar-refractivity contribution in [2.24, 2.45) is 0 Å². The Labute approximate surface area is 85.6 Å². The van der Waals surface area contributed by atoms with Crippen molar-refractivity contribution >= 4 is 0 Å². The third kappa shape index (κ3) is 1.26. The van der Waals surface area contributed by atoms with Gasteiger partial charge in [-0.2, -0.15) is 0 Å². The molecule has 0 aromatic carbocycles. The number of hydrogen-bond acceptors (Lipinski definition) is 1. The Morgan fingerprint density at radius 3 is 2.43 bits per heavy atom. The van der Waals surface area contributed by atoms with Crippen molar-refractivity contribution in [2.75, 3.05) is 0 Å². The molecule has 1 heteroatoms. The van der Waals surface area contributed by atoms with Crippen molar-refractivity contribution in [3.63, 3.8) is 0 Å². The Morgan fingerprint density at radius 1 is 0.786 bits per heavy atom. The zero-order valence-corrected chi connectivity index (χ0v) is 8.68. The van der Waals surface area contributed by atoms with Crippen molar-refractivity contribution in [3.8, 4) is 0 Å². The Balaban J connectivity index is 2.12. The molecule has 0 radical (unpaired) electrons. The van der Waals surface area contributed by atoms with E-state index in [0.29, 0.717) is 0 Å². The van der Waals surface area contributed by atoms with Crippen molar-refractivity contribution in [3.05, 3.63) is 28.6 Å². The molecule has 1 heterocycles. The number of hydrogen-bond donors (Lipinski definition) is 0. The average Bonchev–Trinajstić information content (AvgIpc) is 2.29. The summed E-state index contributed by atoms with van der Waals surface area (Å²) >= 11 is 0. The van der Waals surface area contributed by atoms with Crippen LogP contribution in [0.5, 0.6) is 0 Å². The maximum absolute atomic E-state index is 4.63.